The Bertz CT molecular complexity index is 547. The van der Waals surface area contributed by atoms with E-state index >= 15 is 0 Å². The molecular weight excluding hydrogens is 280 g/mol. The molecule has 1 saturated heterocycles. The number of nitrogens with zero attached hydrogens (tertiary/aromatic N) is 4. The van der Waals surface area contributed by atoms with Gasteiger partial charge in [0.1, 0.15) is 12.4 Å². The van der Waals surface area contributed by atoms with Crippen molar-refractivity contribution in [3.05, 3.63) is 43.0 Å². The lowest BCUT2D eigenvalue weighted by molar-refractivity contribution is 0.107. The van der Waals surface area contributed by atoms with E-state index in [0.717, 1.165) is 31.8 Å². The molecular formula is C16H22N4O2. The summed E-state index contributed by atoms with van der Waals surface area (Å²) in [5.41, 5.74) is 0. The highest BCUT2D eigenvalue weighted by Crippen LogP contribution is 2.21. The van der Waals surface area contributed by atoms with Gasteiger partial charge in [0.2, 0.25) is 0 Å². The minimum atomic E-state index is 0.278. The Hall–Kier alpha value is -1.92. The SMILES string of the molecule is CO[C@@H]1C[C@@H](COc2cccnc2)N(CCn2cccn2)C1. The third kappa shape index (κ3) is 3.84. The maximum atomic E-state index is 5.87. The van der Waals surface area contributed by atoms with E-state index < -0.39 is 0 Å². The van der Waals surface area contributed by atoms with Crippen molar-refractivity contribution in [2.75, 3.05) is 26.8 Å². The molecule has 1 aliphatic heterocycles. The number of hydrogen-bond donors (Lipinski definition) is 0. The Kier molecular flexibility index (Phi) is 5.03. The summed E-state index contributed by atoms with van der Waals surface area (Å²) in [6.07, 6.45) is 8.57. The van der Waals surface area contributed by atoms with E-state index in [9.17, 15) is 0 Å². The van der Waals surface area contributed by atoms with Gasteiger partial charge < -0.3 is 9.47 Å². The van der Waals surface area contributed by atoms with Crippen molar-refractivity contribution in [2.45, 2.75) is 25.1 Å². The molecule has 6 nitrogen and oxygen atoms in total. The molecule has 1 fully saturated rings. The van der Waals surface area contributed by atoms with Gasteiger partial charge in [-0.1, -0.05) is 0 Å². The number of rotatable bonds is 7. The molecule has 0 unspecified atom stereocenters. The molecule has 1 aliphatic rings. The van der Waals surface area contributed by atoms with Crippen LogP contribution >= 0.6 is 0 Å². The number of methoxy groups -OCH3 is 1. The van der Waals surface area contributed by atoms with Crippen molar-refractivity contribution in [1.29, 1.82) is 0 Å². The Morgan fingerprint density at radius 2 is 2.23 bits per heavy atom. The van der Waals surface area contributed by atoms with Crippen LogP contribution in [-0.2, 0) is 11.3 Å². The molecule has 0 spiro atoms. The summed E-state index contributed by atoms with van der Waals surface area (Å²) >= 11 is 0. The van der Waals surface area contributed by atoms with Crippen LogP contribution < -0.4 is 4.74 Å². The van der Waals surface area contributed by atoms with Crippen LogP contribution in [0.4, 0.5) is 0 Å². The normalized spacial score (nSPS) is 22.0. The van der Waals surface area contributed by atoms with Gasteiger partial charge in [0, 0.05) is 44.8 Å². The summed E-state index contributed by atoms with van der Waals surface area (Å²) in [5.74, 6) is 0.815. The predicted molar refractivity (Wildman–Crippen MR) is 82.7 cm³/mol. The average Bonchev–Trinajstić information content (AvgIpc) is 3.21. The largest absolute Gasteiger partial charge is 0.490 e. The second-order valence-electron chi connectivity index (χ2n) is 5.51. The monoisotopic (exact) mass is 302 g/mol. The summed E-state index contributed by atoms with van der Waals surface area (Å²) in [7, 11) is 1.78. The minimum absolute atomic E-state index is 0.278. The second-order valence-corrected chi connectivity index (χ2v) is 5.51. The van der Waals surface area contributed by atoms with E-state index in [1.807, 2.05) is 35.3 Å². The van der Waals surface area contributed by atoms with Gasteiger partial charge in [-0.05, 0) is 24.6 Å². The average molecular weight is 302 g/mol. The van der Waals surface area contributed by atoms with Crippen LogP contribution in [0.1, 0.15) is 6.42 Å². The smallest absolute Gasteiger partial charge is 0.137 e. The first-order valence-electron chi connectivity index (χ1n) is 7.62. The highest BCUT2D eigenvalue weighted by Gasteiger charge is 2.32. The van der Waals surface area contributed by atoms with Crippen molar-refractivity contribution < 1.29 is 9.47 Å². The zero-order valence-corrected chi connectivity index (χ0v) is 12.8. The third-order valence-electron chi connectivity index (χ3n) is 4.08. The summed E-state index contributed by atoms with van der Waals surface area (Å²) in [5, 5.41) is 4.25. The molecule has 3 heterocycles. The van der Waals surface area contributed by atoms with E-state index in [2.05, 4.69) is 15.0 Å². The van der Waals surface area contributed by atoms with E-state index in [4.69, 9.17) is 9.47 Å². The van der Waals surface area contributed by atoms with Crippen molar-refractivity contribution in [3.63, 3.8) is 0 Å². The zero-order valence-electron chi connectivity index (χ0n) is 12.8. The van der Waals surface area contributed by atoms with E-state index in [-0.39, 0.29) is 6.10 Å². The van der Waals surface area contributed by atoms with Crippen LogP contribution in [0.15, 0.2) is 43.0 Å². The quantitative estimate of drug-likeness (QED) is 0.775. The molecule has 0 saturated carbocycles. The van der Waals surface area contributed by atoms with Gasteiger partial charge in [-0.2, -0.15) is 5.10 Å². The van der Waals surface area contributed by atoms with Crippen LogP contribution in [0.3, 0.4) is 0 Å². The highest BCUT2D eigenvalue weighted by molar-refractivity contribution is 5.15. The van der Waals surface area contributed by atoms with Crippen LogP contribution in [0.5, 0.6) is 5.75 Å². The molecule has 0 N–H and O–H groups in total. The Morgan fingerprint density at radius 3 is 2.95 bits per heavy atom. The Balaban J connectivity index is 1.54. The van der Waals surface area contributed by atoms with Gasteiger partial charge in [-0.25, -0.2) is 0 Å². The Morgan fingerprint density at radius 1 is 1.27 bits per heavy atom. The number of likely N-dealkylation sites (tertiary alicyclic amines) is 1. The molecule has 3 rings (SSSR count). The number of ether oxygens (including phenoxy) is 2. The maximum absolute atomic E-state index is 5.87. The van der Waals surface area contributed by atoms with Gasteiger partial charge in [-0.15, -0.1) is 0 Å². The topological polar surface area (TPSA) is 52.4 Å². The third-order valence-corrected chi connectivity index (χ3v) is 4.08. The number of hydrogen-bond acceptors (Lipinski definition) is 5. The van der Waals surface area contributed by atoms with Crippen molar-refractivity contribution in [2.24, 2.45) is 0 Å². The number of pyridine rings is 1. The summed E-state index contributed by atoms with van der Waals surface area (Å²) in [6, 6.07) is 6.13. The molecule has 0 aliphatic carbocycles. The van der Waals surface area contributed by atoms with Gasteiger partial charge >= 0.3 is 0 Å². The minimum Gasteiger partial charge on any atom is -0.490 e. The first-order chi connectivity index (χ1) is 10.8. The zero-order chi connectivity index (χ0) is 15.2. The van der Waals surface area contributed by atoms with Gasteiger partial charge in [0.05, 0.1) is 18.8 Å². The molecule has 2 aromatic rings. The Labute approximate surface area is 130 Å². The van der Waals surface area contributed by atoms with Crippen molar-refractivity contribution in [1.82, 2.24) is 19.7 Å². The van der Waals surface area contributed by atoms with Gasteiger partial charge in [-0.3, -0.25) is 14.6 Å². The fourth-order valence-electron chi connectivity index (χ4n) is 2.84. The molecule has 2 atom stereocenters. The highest BCUT2D eigenvalue weighted by atomic mass is 16.5. The van der Waals surface area contributed by atoms with E-state index in [0.29, 0.717) is 12.6 Å². The predicted octanol–water partition coefficient (Wildman–Crippen LogP) is 1.45. The second kappa shape index (κ2) is 7.38. The first kappa shape index (κ1) is 15.0. The standard InChI is InChI=1S/C16H22N4O2/c1-21-16-10-14(13-22-15-4-2-5-17-11-15)19(12-16)8-9-20-7-3-6-18-20/h2-7,11,14,16H,8-10,12-13H2,1H3/t14-,16+/m0/s1. The molecule has 0 amide bonds. The molecule has 0 radical (unpaired) electrons. The van der Waals surface area contributed by atoms with E-state index in [1.54, 1.807) is 19.5 Å². The van der Waals surface area contributed by atoms with E-state index in [1.165, 1.54) is 0 Å². The molecule has 118 valence electrons. The lowest BCUT2D eigenvalue weighted by atomic mass is 10.2. The fourth-order valence-corrected chi connectivity index (χ4v) is 2.84. The summed E-state index contributed by atoms with van der Waals surface area (Å²) in [6.45, 7) is 3.43. The van der Waals surface area contributed by atoms with Gasteiger partial charge in [0.15, 0.2) is 0 Å². The fraction of sp³-hybridized carbons (Fsp3) is 0.500. The number of aromatic nitrogens is 3. The molecule has 0 aromatic carbocycles. The molecule has 2 aromatic heterocycles. The van der Waals surface area contributed by atoms with Crippen LogP contribution in [0.2, 0.25) is 0 Å². The van der Waals surface area contributed by atoms with Crippen LogP contribution in [-0.4, -0.2) is 58.6 Å². The maximum Gasteiger partial charge on any atom is 0.137 e. The lowest BCUT2D eigenvalue weighted by Gasteiger charge is -2.24. The van der Waals surface area contributed by atoms with Gasteiger partial charge in [0.25, 0.3) is 0 Å². The lowest BCUT2D eigenvalue weighted by Crippen LogP contribution is -2.36. The summed E-state index contributed by atoms with van der Waals surface area (Å²) in [4.78, 5) is 6.50. The molecule has 22 heavy (non-hydrogen) atoms. The van der Waals surface area contributed by atoms with Crippen molar-refractivity contribution in [3.8, 4) is 5.75 Å². The first-order valence-corrected chi connectivity index (χ1v) is 7.62. The summed E-state index contributed by atoms with van der Waals surface area (Å²) < 4.78 is 13.4. The molecule has 0 bridgehead atoms. The van der Waals surface area contributed by atoms with Crippen LogP contribution in [0, 0.1) is 0 Å². The molecule has 6 heteroatoms. The van der Waals surface area contributed by atoms with Crippen molar-refractivity contribution >= 4 is 0 Å². The van der Waals surface area contributed by atoms with Crippen LogP contribution in [0.25, 0.3) is 0 Å².